The molecule has 0 saturated carbocycles. The van der Waals surface area contributed by atoms with E-state index in [4.69, 9.17) is 4.74 Å². The highest BCUT2D eigenvalue weighted by Crippen LogP contribution is 2.27. The van der Waals surface area contributed by atoms with Gasteiger partial charge in [0.15, 0.2) is 0 Å². The van der Waals surface area contributed by atoms with Gasteiger partial charge in [0.2, 0.25) is 21.8 Å². The van der Waals surface area contributed by atoms with Crippen molar-refractivity contribution in [2.45, 2.75) is 44.0 Å². The van der Waals surface area contributed by atoms with Crippen LogP contribution in [0.25, 0.3) is 11.1 Å². The topological polar surface area (TPSA) is 136 Å². The maximum atomic E-state index is 13.5. The molecule has 226 valence electrons. The monoisotopic (exact) mass is 597 g/mol. The molecule has 0 aliphatic heterocycles. The van der Waals surface area contributed by atoms with Crippen LogP contribution in [0.2, 0.25) is 0 Å². The Kier molecular flexibility index (Phi) is 10.9. The van der Waals surface area contributed by atoms with Gasteiger partial charge in [0.25, 0.3) is 0 Å². The van der Waals surface area contributed by atoms with Crippen molar-refractivity contribution >= 4 is 21.8 Å². The van der Waals surface area contributed by atoms with Crippen LogP contribution < -0.4 is 10.1 Å². The molecule has 0 aromatic heterocycles. The van der Waals surface area contributed by atoms with Crippen molar-refractivity contribution in [1.29, 1.82) is 0 Å². The van der Waals surface area contributed by atoms with Crippen molar-refractivity contribution < 1.29 is 33.1 Å². The molecule has 2 atom stereocenters. The molecule has 10 nitrogen and oxygen atoms in total. The second-order valence-electron chi connectivity index (χ2n) is 11.1. The van der Waals surface area contributed by atoms with E-state index in [1.165, 1.54) is 38.4 Å². The minimum atomic E-state index is -4.04. The molecule has 0 aliphatic carbocycles. The summed E-state index contributed by atoms with van der Waals surface area (Å²) >= 11 is 0. The third-order valence-corrected chi connectivity index (χ3v) is 8.85. The number of aliphatic hydroxyl groups excluding tert-OH is 1. The molecule has 3 N–H and O–H groups in total. The number of hydrogen-bond acceptors (Lipinski definition) is 7. The molecule has 11 heteroatoms. The van der Waals surface area contributed by atoms with Crippen LogP contribution in [0, 0.1) is 5.41 Å². The van der Waals surface area contributed by atoms with E-state index in [1.54, 1.807) is 12.1 Å². The minimum Gasteiger partial charge on any atom is -0.497 e. The molecule has 0 radical (unpaired) electrons. The van der Waals surface area contributed by atoms with E-state index < -0.39 is 52.3 Å². The van der Waals surface area contributed by atoms with Crippen LogP contribution in [0.3, 0.4) is 0 Å². The van der Waals surface area contributed by atoms with E-state index in [1.807, 2.05) is 63.2 Å². The molecule has 0 aliphatic rings. The first-order chi connectivity index (χ1) is 19.8. The Balaban J connectivity index is 1.82. The molecular formula is C31H39N3O7S. The summed E-state index contributed by atoms with van der Waals surface area (Å²) in [6.07, 6.45) is -0.439. The Labute approximate surface area is 247 Å². The van der Waals surface area contributed by atoms with Crippen molar-refractivity contribution in [3.8, 4) is 16.9 Å². The lowest BCUT2D eigenvalue weighted by Gasteiger charge is -2.31. The Morgan fingerprint density at radius 2 is 1.50 bits per heavy atom. The molecule has 0 heterocycles. The predicted molar refractivity (Wildman–Crippen MR) is 159 cm³/mol. The van der Waals surface area contributed by atoms with Crippen LogP contribution in [0.1, 0.15) is 38.7 Å². The van der Waals surface area contributed by atoms with Gasteiger partial charge < -0.3 is 15.2 Å². The van der Waals surface area contributed by atoms with Gasteiger partial charge in [-0.3, -0.25) is 14.8 Å². The van der Waals surface area contributed by atoms with Crippen molar-refractivity contribution in [1.82, 2.24) is 14.7 Å². The van der Waals surface area contributed by atoms with Gasteiger partial charge in [0, 0.05) is 13.5 Å². The van der Waals surface area contributed by atoms with Crippen LogP contribution in [0.5, 0.6) is 5.75 Å². The maximum Gasteiger partial charge on any atom is 0.248 e. The Morgan fingerprint density at radius 3 is 2.02 bits per heavy atom. The summed E-state index contributed by atoms with van der Waals surface area (Å²) in [4.78, 5) is 26.6. The molecule has 0 fully saturated rings. The number of nitrogens with zero attached hydrogens (tertiary/aromatic N) is 2. The number of ether oxygens (including phenoxy) is 1. The van der Waals surface area contributed by atoms with Gasteiger partial charge in [-0.1, -0.05) is 75.4 Å². The second-order valence-corrected chi connectivity index (χ2v) is 13.1. The number of rotatable bonds is 12. The van der Waals surface area contributed by atoms with E-state index in [0.29, 0.717) is 11.3 Å². The third-order valence-electron chi connectivity index (χ3n) is 7.05. The Hall–Kier alpha value is -3.77. The number of methoxy groups -OCH3 is 1. The molecule has 3 aromatic rings. The standard InChI is InChI=1S/C31H39N3O7S/c1-31(2,3)28(20-35)32-30(37)27(24-13-11-23(12-14-24)22-9-7-6-8-10-22)19-29(36)34(38)21-33(4)42(39,40)26-17-15-25(41-5)16-18-26/h6-18,27-28,35,38H,19-21H2,1-5H3,(H,32,37)/t27-,28-/m1/s1. The number of carbonyl (C=O) groups excluding carboxylic acids is 2. The molecule has 42 heavy (non-hydrogen) atoms. The predicted octanol–water partition coefficient (Wildman–Crippen LogP) is 3.86. The fourth-order valence-corrected chi connectivity index (χ4v) is 5.36. The van der Waals surface area contributed by atoms with Crippen molar-refractivity contribution in [3.05, 3.63) is 84.4 Å². The molecule has 0 unspecified atom stereocenters. The third kappa shape index (κ3) is 8.16. The first kappa shape index (κ1) is 32.7. The Morgan fingerprint density at radius 1 is 0.929 bits per heavy atom. The highest BCUT2D eigenvalue weighted by Gasteiger charge is 2.32. The zero-order valence-corrected chi connectivity index (χ0v) is 25.3. The summed E-state index contributed by atoms with van der Waals surface area (Å²) in [5.74, 6) is -1.89. The van der Waals surface area contributed by atoms with Crippen LogP contribution in [-0.4, -0.2) is 73.4 Å². The Bertz CT molecular complexity index is 1440. The van der Waals surface area contributed by atoms with Gasteiger partial charge in [0.05, 0.1) is 30.6 Å². The number of carbonyl (C=O) groups is 2. The van der Waals surface area contributed by atoms with Crippen LogP contribution in [-0.2, 0) is 19.6 Å². The minimum absolute atomic E-state index is 0.0420. The molecule has 0 bridgehead atoms. The summed E-state index contributed by atoms with van der Waals surface area (Å²) in [5.41, 5.74) is 1.97. The molecule has 0 spiro atoms. The lowest BCUT2D eigenvalue weighted by atomic mass is 9.86. The largest absolute Gasteiger partial charge is 0.497 e. The first-order valence-electron chi connectivity index (χ1n) is 13.4. The van der Waals surface area contributed by atoms with Crippen LogP contribution in [0.4, 0.5) is 0 Å². The first-order valence-corrected chi connectivity index (χ1v) is 14.9. The number of nitrogens with one attached hydrogen (secondary N) is 1. The lowest BCUT2D eigenvalue weighted by molar-refractivity contribution is -0.171. The number of hydrogen-bond donors (Lipinski definition) is 3. The summed E-state index contributed by atoms with van der Waals surface area (Å²) in [5, 5.41) is 23.6. The summed E-state index contributed by atoms with van der Waals surface area (Å²) < 4.78 is 31.9. The van der Waals surface area contributed by atoms with E-state index in [2.05, 4.69) is 5.32 Å². The van der Waals surface area contributed by atoms with Gasteiger partial charge in [-0.15, -0.1) is 0 Å². The van der Waals surface area contributed by atoms with E-state index >= 15 is 0 Å². The second kappa shape index (κ2) is 13.9. The number of amides is 2. The lowest BCUT2D eigenvalue weighted by Crippen LogP contribution is -2.48. The van der Waals surface area contributed by atoms with Crippen molar-refractivity contribution in [2.24, 2.45) is 5.41 Å². The molecular weight excluding hydrogens is 558 g/mol. The van der Waals surface area contributed by atoms with Crippen molar-refractivity contribution in [2.75, 3.05) is 27.4 Å². The smallest absolute Gasteiger partial charge is 0.248 e. The van der Waals surface area contributed by atoms with Crippen molar-refractivity contribution in [3.63, 3.8) is 0 Å². The molecule has 2 amide bonds. The van der Waals surface area contributed by atoms with E-state index in [-0.39, 0.29) is 16.6 Å². The normalized spacial score (nSPS) is 13.3. The maximum absolute atomic E-state index is 13.5. The van der Waals surface area contributed by atoms with Gasteiger partial charge in [-0.25, -0.2) is 13.5 Å². The average molecular weight is 598 g/mol. The number of hydroxylamine groups is 2. The highest BCUT2D eigenvalue weighted by atomic mass is 32.2. The molecule has 3 aromatic carbocycles. The number of aliphatic hydroxyl groups is 1. The zero-order valence-electron chi connectivity index (χ0n) is 24.5. The van der Waals surface area contributed by atoms with Crippen LogP contribution >= 0.6 is 0 Å². The quantitative estimate of drug-likeness (QED) is 0.164. The van der Waals surface area contributed by atoms with Gasteiger partial charge in [-0.05, 0) is 46.4 Å². The van der Waals surface area contributed by atoms with Gasteiger partial charge >= 0.3 is 0 Å². The van der Waals surface area contributed by atoms with Gasteiger partial charge in [0.1, 0.15) is 12.4 Å². The number of sulfonamides is 1. The fraction of sp³-hybridized carbons (Fsp3) is 0.355. The summed E-state index contributed by atoms with van der Waals surface area (Å²) in [7, 11) is -1.34. The highest BCUT2D eigenvalue weighted by molar-refractivity contribution is 7.89. The van der Waals surface area contributed by atoms with E-state index in [0.717, 1.165) is 15.4 Å². The summed E-state index contributed by atoms with van der Waals surface area (Å²) in [6, 6.07) is 22.0. The fourth-order valence-electron chi connectivity index (χ4n) is 4.26. The van der Waals surface area contributed by atoms with E-state index in [9.17, 15) is 28.3 Å². The van der Waals surface area contributed by atoms with Crippen LogP contribution in [0.15, 0.2) is 83.8 Å². The zero-order chi connectivity index (χ0) is 31.1. The average Bonchev–Trinajstić information content (AvgIpc) is 2.98. The summed E-state index contributed by atoms with van der Waals surface area (Å²) in [6.45, 7) is 4.66. The number of benzene rings is 3. The SMILES string of the molecule is COc1ccc(S(=O)(=O)N(C)CN(O)C(=O)C[C@@H](C(=O)N[C@H](CO)C(C)(C)C)c2ccc(-c3ccccc3)cc2)cc1. The molecule has 3 rings (SSSR count). The molecule has 0 saturated heterocycles. The van der Waals surface area contributed by atoms with Gasteiger partial charge in [-0.2, -0.15) is 4.31 Å².